The molecule has 6 atom stereocenters. The summed E-state index contributed by atoms with van der Waals surface area (Å²) in [4.78, 5) is 13.2. The molecule has 30 heavy (non-hydrogen) atoms. The second kappa shape index (κ2) is 10.8. The molecule has 0 spiro atoms. The van der Waals surface area contributed by atoms with Gasteiger partial charge in [-0.15, -0.1) is 11.6 Å². The summed E-state index contributed by atoms with van der Waals surface area (Å²) in [7, 11) is 2.01. The summed E-state index contributed by atoms with van der Waals surface area (Å²) in [6, 6.07) is -0.607. The zero-order valence-electron chi connectivity index (χ0n) is 17.6. The van der Waals surface area contributed by atoms with E-state index >= 15 is 0 Å². The molecule has 0 aliphatic carbocycles. The Labute approximate surface area is 180 Å². The van der Waals surface area contributed by atoms with E-state index in [0.29, 0.717) is 37.1 Å². The lowest BCUT2D eigenvalue weighted by Crippen LogP contribution is -2.73. The Morgan fingerprint density at radius 2 is 2.07 bits per heavy atom. The van der Waals surface area contributed by atoms with Gasteiger partial charge in [-0.05, 0) is 19.4 Å². The number of ether oxygens (including phenoxy) is 1. The van der Waals surface area contributed by atoms with Crippen molar-refractivity contribution in [3.05, 3.63) is 0 Å². The van der Waals surface area contributed by atoms with Crippen LogP contribution in [0.5, 0.6) is 0 Å². The minimum atomic E-state index is -4.43. The molecule has 12 heteroatoms. The van der Waals surface area contributed by atoms with E-state index in [9.17, 15) is 18.0 Å². The molecular formula is C18H35ClF3N6O2+. The Bertz CT molecular complexity index is 571. The molecule has 176 valence electrons. The molecule has 6 unspecified atom stereocenters. The van der Waals surface area contributed by atoms with Gasteiger partial charge in [0.05, 0.1) is 43.8 Å². The molecule has 2 rings (SSSR count). The van der Waals surface area contributed by atoms with Crippen molar-refractivity contribution in [1.82, 2.24) is 16.0 Å². The van der Waals surface area contributed by atoms with Crippen molar-refractivity contribution < 1.29 is 27.2 Å². The van der Waals surface area contributed by atoms with Crippen molar-refractivity contribution >= 4 is 17.5 Å². The minimum absolute atomic E-state index is 0.0850. The van der Waals surface area contributed by atoms with Crippen LogP contribution in [-0.2, 0) is 9.53 Å². The molecule has 0 saturated carbocycles. The van der Waals surface area contributed by atoms with Gasteiger partial charge in [0.2, 0.25) is 5.91 Å². The summed E-state index contributed by atoms with van der Waals surface area (Å²) >= 11 is 6.35. The van der Waals surface area contributed by atoms with E-state index in [4.69, 9.17) is 27.8 Å². The normalized spacial score (nSPS) is 34.0. The predicted octanol–water partition coefficient (Wildman–Crippen LogP) is -0.335. The van der Waals surface area contributed by atoms with Crippen molar-refractivity contribution in [2.24, 2.45) is 17.4 Å². The monoisotopic (exact) mass is 459 g/mol. The number of hydrogen-bond donors (Lipinski definition) is 5. The van der Waals surface area contributed by atoms with E-state index in [2.05, 4.69) is 16.0 Å². The molecule has 1 amide bonds. The third-order valence-electron chi connectivity index (χ3n) is 5.83. The van der Waals surface area contributed by atoms with Crippen LogP contribution in [0.25, 0.3) is 0 Å². The van der Waals surface area contributed by atoms with Crippen molar-refractivity contribution in [2.75, 3.05) is 46.4 Å². The van der Waals surface area contributed by atoms with Crippen LogP contribution in [0.2, 0.25) is 0 Å². The van der Waals surface area contributed by atoms with Crippen LogP contribution in [0.4, 0.5) is 13.2 Å². The molecule has 0 aromatic carbocycles. The highest BCUT2D eigenvalue weighted by molar-refractivity contribution is 6.20. The number of amides is 1. The number of quaternary nitrogens is 1. The van der Waals surface area contributed by atoms with Crippen LogP contribution < -0.4 is 27.4 Å². The fourth-order valence-electron chi connectivity index (χ4n) is 4.54. The lowest BCUT2D eigenvalue weighted by Gasteiger charge is -2.49. The van der Waals surface area contributed by atoms with Crippen LogP contribution in [0.3, 0.4) is 0 Å². The second-order valence-corrected chi connectivity index (χ2v) is 9.13. The first-order valence-corrected chi connectivity index (χ1v) is 10.8. The lowest BCUT2D eigenvalue weighted by atomic mass is 9.94. The van der Waals surface area contributed by atoms with Crippen molar-refractivity contribution in [2.45, 2.75) is 55.8 Å². The Morgan fingerprint density at radius 1 is 1.37 bits per heavy atom. The summed E-state index contributed by atoms with van der Waals surface area (Å²) in [6.45, 7) is 3.47. The van der Waals surface area contributed by atoms with Gasteiger partial charge in [-0.1, -0.05) is 6.92 Å². The SMILES string of the molecule is CCC[N+]1(C)CC(Cl)CNC1C(C(=O)NC1CNCCC1OCC(F)(F)F)C(N)N. The third kappa shape index (κ3) is 6.91. The molecule has 0 bridgehead atoms. The molecule has 2 heterocycles. The van der Waals surface area contributed by atoms with Gasteiger partial charge < -0.3 is 31.3 Å². The largest absolute Gasteiger partial charge is 0.411 e. The number of hydrogen-bond acceptors (Lipinski definition) is 6. The minimum Gasteiger partial charge on any atom is -0.367 e. The Hall–Kier alpha value is -0.690. The number of halogens is 4. The van der Waals surface area contributed by atoms with Gasteiger partial charge in [0.25, 0.3) is 0 Å². The number of nitrogens with one attached hydrogen (secondary N) is 3. The van der Waals surface area contributed by atoms with Gasteiger partial charge in [-0.3, -0.25) is 10.1 Å². The molecule has 2 aliphatic rings. The van der Waals surface area contributed by atoms with E-state index in [-0.39, 0.29) is 11.5 Å². The molecule has 2 saturated heterocycles. The number of carbonyl (C=O) groups is 1. The molecule has 2 fully saturated rings. The average Bonchev–Trinajstić information content (AvgIpc) is 2.62. The fourth-order valence-corrected chi connectivity index (χ4v) is 4.95. The first-order chi connectivity index (χ1) is 14.0. The number of piperidine rings is 1. The third-order valence-corrected chi connectivity index (χ3v) is 6.13. The van der Waals surface area contributed by atoms with Gasteiger partial charge in [0.1, 0.15) is 12.5 Å². The first-order valence-electron chi connectivity index (χ1n) is 10.4. The highest BCUT2D eigenvalue weighted by atomic mass is 35.5. The number of nitrogens with two attached hydrogens (primary N) is 2. The van der Waals surface area contributed by atoms with Gasteiger partial charge in [0, 0.05) is 13.1 Å². The quantitative estimate of drug-likeness (QED) is 0.193. The molecule has 7 N–H and O–H groups in total. The zero-order valence-corrected chi connectivity index (χ0v) is 18.3. The maximum atomic E-state index is 13.2. The highest BCUT2D eigenvalue weighted by Crippen LogP contribution is 2.25. The molecule has 0 aromatic heterocycles. The number of carbonyl (C=O) groups excluding carboxylic acids is 1. The smallest absolute Gasteiger partial charge is 0.367 e. The summed E-state index contributed by atoms with van der Waals surface area (Å²) < 4.78 is 43.3. The van der Waals surface area contributed by atoms with Crippen molar-refractivity contribution in [1.29, 1.82) is 0 Å². The summed E-state index contributed by atoms with van der Waals surface area (Å²) in [5.41, 5.74) is 12.0. The van der Waals surface area contributed by atoms with E-state index in [0.717, 1.165) is 13.0 Å². The molecule has 8 nitrogen and oxygen atoms in total. The maximum Gasteiger partial charge on any atom is 0.411 e. The zero-order chi connectivity index (χ0) is 22.5. The van der Waals surface area contributed by atoms with Crippen molar-refractivity contribution in [3.8, 4) is 0 Å². The van der Waals surface area contributed by atoms with Gasteiger partial charge >= 0.3 is 6.18 Å². The number of nitrogens with zero attached hydrogens (tertiary/aromatic N) is 1. The maximum absolute atomic E-state index is 13.2. The number of alkyl halides is 4. The van der Waals surface area contributed by atoms with E-state index < -0.39 is 42.9 Å². The predicted molar refractivity (Wildman–Crippen MR) is 109 cm³/mol. The molecule has 2 aliphatic heterocycles. The lowest BCUT2D eigenvalue weighted by molar-refractivity contribution is -0.943. The van der Waals surface area contributed by atoms with Gasteiger partial charge in [-0.25, -0.2) is 0 Å². The summed E-state index contributed by atoms with van der Waals surface area (Å²) in [5, 5.41) is 9.16. The summed E-state index contributed by atoms with van der Waals surface area (Å²) in [5.74, 6) is -1.18. The molecule has 0 aromatic rings. The van der Waals surface area contributed by atoms with E-state index in [1.165, 1.54) is 0 Å². The van der Waals surface area contributed by atoms with Crippen LogP contribution in [0.1, 0.15) is 19.8 Å². The molecular weight excluding hydrogens is 425 g/mol. The topological polar surface area (TPSA) is 114 Å². The van der Waals surface area contributed by atoms with Crippen LogP contribution in [0.15, 0.2) is 0 Å². The average molecular weight is 460 g/mol. The van der Waals surface area contributed by atoms with E-state index in [1.54, 1.807) is 0 Å². The van der Waals surface area contributed by atoms with Gasteiger partial charge in [-0.2, -0.15) is 13.2 Å². The van der Waals surface area contributed by atoms with Gasteiger partial charge in [0.15, 0.2) is 6.17 Å². The highest BCUT2D eigenvalue weighted by Gasteiger charge is 2.48. The summed E-state index contributed by atoms with van der Waals surface area (Å²) in [6.07, 6.45) is -5.23. The van der Waals surface area contributed by atoms with Crippen LogP contribution in [0, 0.1) is 5.92 Å². The Morgan fingerprint density at radius 3 is 2.67 bits per heavy atom. The van der Waals surface area contributed by atoms with Crippen molar-refractivity contribution in [3.63, 3.8) is 0 Å². The Kier molecular flexibility index (Phi) is 9.17. The molecule has 0 radical (unpaired) electrons. The number of rotatable bonds is 8. The van der Waals surface area contributed by atoms with Crippen LogP contribution >= 0.6 is 11.6 Å². The Balaban J connectivity index is 2.13. The fraction of sp³-hybridized carbons (Fsp3) is 0.944. The second-order valence-electron chi connectivity index (χ2n) is 8.51. The van der Waals surface area contributed by atoms with Crippen LogP contribution in [-0.4, -0.2) is 92.8 Å². The standard InChI is InChI=1S/C18H34ClF3N6O2/c1-3-6-28(2)9-11(19)7-26-16(28)14(15(23)24)17(29)27-12-8-25-5-4-13(12)30-10-18(20,21)22/h11-16,25-26H,3-10,23-24H2,1-2H3/p+1. The van der Waals surface area contributed by atoms with E-state index in [1.807, 2.05) is 14.0 Å². The first kappa shape index (κ1) is 25.6.